The molecule has 24 heavy (non-hydrogen) atoms. The van der Waals surface area contributed by atoms with Gasteiger partial charge in [-0.1, -0.05) is 95.7 Å². The third kappa shape index (κ3) is 1.15. The average molecular weight is 373 g/mol. The van der Waals surface area contributed by atoms with Gasteiger partial charge in [0.05, 0.1) is 4.32 Å². The molecular weight excluding hydrogens is 356 g/mol. The molecule has 6 rings (SSSR count). The van der Waals surface area contributed by atoms with Crippen LogP contribution in [0.4, 0.5) is 0 Å². The van der Waals surface area contributed by atoms with Crippen molar-refractivity contribution in [3.63, 3.8) is 0 Å². The maximum absolute atomic E-state index is 4.31. The summed E-state index contributed by atoms with van der Waals surface area (Å²) in [6, 6.07) is 27.2. The highest BCUT2D eigenvalue weighted by atomic mass is 79.9. The van der Waals surface area contributed by atoms with Gasteiger partial charge in [0.15, 0.2) is 0 Å². The molecule has 0 heterocycles. The normalized spacial score (nSPS) is 33.8. The molecule has 0 aromatic heterocycles. The van der Waals surface area contributed by atoms with Crippen LogP contribution in [0.15, 0.2) is 72.8 Å². The lowest BCUT2D eigenvalue weighted by atomic mass is 9.70. The molecule has 3 aromatic rings. The zero-order valence-corrected chi connectivity index (χ0v) is 15.0. The molecule has 116 valence electrons. The number of fused-ring (bicyclic) bond motifs is 9. The molecule has 0 fully saturated rings. The molecule has 3 aliphatic carbocycles. The summed E-state index contributed by atoms with van der Waals surface area (Å²) in [6.45, 7) is 2.50. The molecule has 0 amide bonds. The van der Waals surface area contributed by atoms with E-state index in [1.165, 1.54) is 33.4 Å². The first-order valence-electron chi connectivity index (χ1n) is 8.65. The molecule has 0 nitrogen and oxygen atoms in total. The maximum atomic E-state index is 4.31. The Kier molecular flexibility index (Phi) is 2.25. The van der Waals surface area contributed by atoms with Gasteiger partial charge in [0.2, 0.25) is 0 Å². The van der Waals surface area contributed by atoms with Crippen molar-refractivity contribution in [1.82, 2.24) is 0 Å². The second-order valence-electron chi connectivity index (χ2n) is 7.61. The molecule has 1 heteroatoms. The van der Waals surface area contributed by atoms with Crippen LogP contribution in [0.3, 0.4) is 0 Å². The fourth-order valence-corrected chi connectivity index (χ4v) is 7.26. The molecule has 0 saturated heterocycles. The minimum atomic E-state index is -0.0957. The van der Waals surface area contributed by atoms with Crippen molar-refractivity contribution in [2.24, 2.45) is 5.41 Å². The summed E-state index contributed by atoms with van der Waals surface area (Å²) >= 11 is 4.31. The van der Waals surface area contributed by atoms with Crippen LogP contribution in [0, 0.1) is 5.41 Å². The molecule has 2 unspecified atom stereocenters. The second kappa shape index (κ2) is 4.03. The molecule has 0 saturated carbocycles. The van der Waals surface area contributed by atoms with Crippen molar-refractivity contribution in [3.8, 4) is 0 Å². The monoisotopic (exact) mass is 372 g/mol. The van der Waals surface area contributed by atoms with Gasteiger partial charge in [-0.05, 0) is 33.4 Å². The molecule has 3 aliphatic rings. The fraction of sp³-hybridized carbons (Fsp3) is 0.217. The predicted molar refractivity (Wildman–Crippen MR) is 101 cm³/mol. The summed E-state index contributed by atoms with van der Waals surface area (Å²) in [4.78, 5) is 0. The van der Waals surface area contributed by atoms with Crippen molar-refractivity contribution in [2.45, 2.75) is 23.1 Å². The van der Waals surface area contributed by atoms with E-state index in [0.717, 1.165) is 0 Å². The van der Waals surface area contributed by atoms with E-state index in [0.29, 0.717) is 11.8 Å². The lowest BCUT2D eigenvalue weighted by Crippen LogP contribution is -2.34. The third-order valence-corrected chi connectivity index (χ3v) is 8.55. The van der Waals surface area contributed by atoms with E-state index >= 15 is 0 Å². The van der Waals surface area contributed by atoms with Crippen LogP contribution >= 0.6 is 15.9 Å². The minimum absolute atomic E-state index is 0.0957. The van der Waals surface area contributed by atoms with E-state index in [9.17, 15) is 0 Å². The summed E-state index contributed by atoms with van der Waals surface area (Å²) < 4.78 is -0.0957. The van der Waals surface area contributed by atoms with Gasteiger partial charge in [-0.3, -0.25) is 0 Å². The number of hydrogen-bond donors (Lipinski definition) is 0. The molecule has 0 aliphatic heterocycles. The standard InChI is InChI=1S/C23H17Br/c1-22-20-14-8-2-3-9-15(14)21(22)17-11-5-7-13-19(17)23(22,24)18-12-6-4-10-16(18)20/h2-13,20-21H,1H3. The topological polar surface area (TPSA) is 0 Å². The van der Waals surface area contributed by atoms with Crippen LogP contribution in [0.5, 0.6) is 0 Å². The van der Waals surface area contributed by atoms with E-state index < -0.39 is 0 Å². The number of alkyl halides is 1. The zero-order valence-electron chi connectivity index (χ0n) is 13.5. The second-order valence-corrected chi connectivity index (χ2v) is 8.80. The average Bonchev–Trinajstić information content (AvgIpc) is 3.09. The van der Waals surface area contributed by atoms with Crippen LogP contribution in [-0.4, -0.2) is 0 Å². The predicted octanol–water partition coefficient (Wildman–Crippen LogP) is 5.94. The highest BCUT2D eigenvalue weighted by Gasteiger charge is 2.71. The SMILES string of the molecule is CC12C3c4ccccc4C1c1ccccc1C2(Br)c1ccccc13. The molecule has 3 aromatic carbocycles. The Morgan fingerprint density at radius 3 is 1.46 bits per heavy atom. The Hall–Kier alpha value is -1.86. The van der Waals surface area contributed by atoms with Gasteiger partial charge in [0.1, 0.15) is 0 Å². The first-order chi connectivity index (χ1) is 11.7. The van der Waals surface area contributed by atoms with Crippen molar-refractivity contribution in [2.75, 3.05) is 0 Å². The fourth-order valence-electron chi connectivity index (χ4n) is 6.08. The third-order valence-electron chi connectivity index (χ3n) is 6.85. The Labute approximate surface area is 150 Å². The van der Waals surface area contributed by atoms with Gasteiger partial charge in [0, 0.05) is 17.3 Å². The minimum Gasteiger partial charge on any atom is -0.0742 e. The summed E-state index contributed by atoms with van der Waals surface area (Å²) in [5, 5.41) is 0. The van der Waals surface area contributed by atoms with E-state index in [1.54, 1.807) is 0 Å². The number of benzene rings is 3. The Morgan fingerprint density at radius 1 is 0.625 bits per heavy atom. The van der Waals surface area contributed by atoms with Crippen molar-refractivity contribution in [3.05, 3.63) is 106 Å². The van der Waals surface area contributed by atoms with Crippen molar-refractivity contribution >= 4 is 15.9 Å². The molecule has 2 atom stereocenters. The van der Waals surface area contributed by atoms with Crippen LogP contribution in [0.25, 0.3) is 0 Å². The number of hydrogen-bond acceptors (Lipinski definition) is 0. The zero-order chi connectivity index (χ0) is 16.1. The Morgan fingerprint density at radius 2 is 1.00 bits per heavy atom. The lowest BCUT2D eigenvalue weighted by Gasteiger charge is -2.38. The van der Waals surface area contributed by atoms with Gasteiger partial charge in [0.25, 0.3) is 0 Å². The van der Waals surface area contributed by atoms with Crippen molar-refractivity contribution < 1.29 is 0 Å². The summed E-state index contributed by atoms with van der Waals surface area (Å²) in [7, 11) is 0. The molecule has 0 bridgehead atoms. The molecule has 0 spiro atoms. The van der Waals surface area contributed by atoms with Crippen LogP contribution in [0.1, 0.15) is 52.1 Å². The summed E-state index contributed by atoms with van der Waals surface area (Å²) in [6.07, 6.45) is 0. The van der Waals surface area contributed by atoms with E-state index in [2.05, 4.69) is 95.7 Å². The quantitative estimate of drug-likeness (QED) is 0.428. The van der Waals surface area contributed by atoms with Crippen LogP contribution in [0.2, 0.25) is 0 Å². The Balaban J connectivity index is 1.85. The van der Waals surface area contributed by atoms with Gasteiger partial charge < -0.3 is 0 Å². The van der Waals surface area contributed by atoms with Crippen LogP contribution < -0.4 is 0 Å². The molecule has 0 radical (unpaired) electrons. The largest absolute Gasteiger partial charge is 0.0832 e. The number of rotatable bonds is 0. The highest BCUT2D eigenvalue weighted by Crippen LogP contribution is 2.79. The van der Waals surface area contributed by atoms with Gasteiger partial charge in [-0.25, -0.2) is 0 Å². The maximum Gasteiger partial charge on any atom is 0.0832 e. The van der Waals surface area contributed by atoms with E-state index in [4.69, 9.17) is 0 Å². The van der Waals surface area contributed by atoms with Crippen LogP contribution in [-0.2, 0) is 4.32 Å². The first kappa shape index (κ1) is 13.4. The van der Waals surface area contributed by atoms with Gasteiger partial charge >= 0.3 is 0 Å². The molecular formula is C23H17Br. The number of halogens is 1. The lowest BCUT2D eigenvalue weighted by molar-refractivity contribution is 0.270. The Bertz CT molecular complexity index is 941. The van der Waals surface area contributed by atoms with E-state index in [1.807, 2.05) is 0 Å². The summed E-state index contributed by atoms with van der Waals surface area (Å²) in [5.41, 5.74) is 9.08. The molecule has 0 N–H and O–H groups in total. The van der Waals surface area contributed by atoms with E-state index in [-0.39, 0.29) is 9.74 Å². The highest BCUT2D eigenvalue weighted by molar-refractivity contribution is 9.09. The first-order valence-corrected chi connectivity index (χ1v) is 9.45. The van der Waals surface area contributed by atoms with Gasteiger partial charge in [-0.15, -0.1) is 0 Å². The van der Waals surface area contributed by atoms with Gasteiger partial charge in [-0.2, -0.15) is 0 Å². The summed E-state index contributed by atoms with van der Waals surface area (Å²) in [5.74, 6) is 0.920. The van der Waals surface area contributed by atoms with Crippen molar-refractivity contribution in [1.29, 1.82) is 0 Å². The smallest absolute Gasteiger partial charge is 0.0742 e.